The lowest BCUT2D eigenvalue weighted by molar-refractivity contribution is -0.111. The second-order valence-electron chi connectivity index (χ2n) is 18.6. The van der Waals surface area contributed by atoms with E-state index in [1.54, 1.807) is 14.2 Å². The molecular weight excluding hydrogens is 783 g/mol. The number of aliphatic hydroxyl groups excluding tert-OH is 1. The number of carbonyl (C=O) groups excluding carboxylic acids is 3. The van der Waals surface area contributed by atoms with Crippen molar-refractivity contribution < 1.29 is 29.0 Å². The molecule has 0 bridgehead atoms. The lowest BCUT2D eigenvalue weighted by Crippen LogP contribution is -2.21. The van der Waals surface area contributed by atoms with Gasteiger partial charge in [-0.3, -0.25) is 0 Å². The normalized spacial score (nSPS) is 12.7. The molecule has 1 saturated heterocycles. The van der Waals surface area contributed by atoms with Gasteiger partial charge in [0.05, 0.1) is 0 Å². The molecule has 0 aromatic heterocycles. The van der Waals surface area contributed by atoms with E-state index in [-0.39, 0.29) is 0 Å². The molecule has 1 N–H and O–H groups in total. The summed E-state index contributed by atoms with van der Waals surface area (Å²) >= 11 is 0. The summed E-state index contributed by atoms with van der Waals surface area (Å²) in [6.07, 6.45) is 52.7. The molecule has 0 aromatic rings. The number of unbranched alkanes of at least 4 members (excludes halogenated alkanes) is 21. The lowest BCUT2D eigenvalue weighted by atomic mass is 9.90. The monoisotopic (exact) mass is 898 g/mol. The van der Waals surface area contributed by atoms with Crippen LogP contribution in [0.3, 0.4) is 0 Å². The van der Waals surface area contributed by atoms with E-state index in [0.717, 1.165) is 51.8 Å². The van der Waals surface area contributed by atoms with Crippen molar-refractivity contribution in [2.45, 2.75) is 272 Å². The Kier molecular flexibility index (Phi) is 70.7. The fraction of sp³-hybridized carbons (Fsp3) is 0.946. The molecule has 0 amide bonds. The third kappa shape index (κ3) is 58.8. The molecule has 0 aromatic carbocycles. The molecule has 63 heavy (non-hydrogen) atoms. The maximum Gasteiger partial charge on any atom is 0.123 e. The van der Waals surface area contributed by atoms with E-state index in [2.05, 4.69) is 32.6 Å². The van der Waals surface area contributed by atoms with Crippen LogP contribution in [0.4, 0.5) is 0 Å². The van der Waals surface area contributed by atoms with Crippen molar-refractivity contribution in [3.63, 3.8) is 0 Å². The Labute approximate surface area is 395 Å². The van der Waals surface area contributed by atoms with Crippen LogP contribution in [0.15, 0.2) is 0 Å². The number of likely N-dealkylation sites (tertiary alicyclic amines) is 1. The Morgan fingerprint density at radius 1 is 0.460 bits per heavy atom. The van der Waals surface area contributed by atoms with Crippen molar-refractivity contribution in [3.8, 4) is 0 Å². The molecule has 7 nitrogen and oxygen atoms in total. The smallest absolute Gasteiger partial charge is 0.123 e. The van der Waals surface area contributed by atoms with Gasteiger partial charge in [-0.05, 0) is 63.5 Å². The van der Waals surface area contributed by atoms with Crippen molar-refractivity contribution in [1.82, 2.24) is 4.90 Å². The Balaban J connectivity index is -0.000000502. The van der Waals surface area contributed by atoms with E-state index in [0.29, 0.717) is 11.8 Å². The first-order valence-electron chi connectivity index (χ1n) is 27.4. The summed E-state index contributed by atoms with van der Waals surface area (Å²) in [6.45, 7) is 16.8. The van der Waals surface area contributed by atoms with Gasteiger partial charge in [-0.15, -0.1) is 0 Å². The summed E-state index contributed by atoms with van der Waals surface area (Å²) in [7, 11) is 4.55. The Hall–Kier alpha value is -1.15. The summed E-state index contributed by atoms with van der Waals surface area (Å²) in [4.78, 5) is 32.4. The molecule has 1 heterocycles. The fourth-order valence-corrected chi connectivity index (χ4v) is 8.84. The van der Waals surface area contributed by atoms with E-state index in [1.165, 1.54) is 251 Å². The van der Waals surface area contributed by atoms with Gasteiger partial charge in [-0.25, -0.2) is 0 Å². The highest BCUT2D eigenvalue weighted by molar-refractivity contribution is 5.53. The van der Waals surface area contributed by atoms with Crippen LogP contribution in [0.2, 0.25) is 0 Å². The first kappa shape index (κ1) is 68.4. The average Bonchev–Trinajstić information content (AvgIpc) is 3.84. The number of aldehydes is 2. The van der Waals surface area contributed by atoms with E-state index in [1.807, 2.05) is 6.79 Å². The highest BCUT2D eigenvalue weighted by Crippen LogP contribution is 2.25. The van der Waals surface area contributed by atoms with E-state index in [9.17, 15) is 9.59 Å². The van der Waals surface area contributed by atoms with E-state index < -0.39 is 0 Å². The third-order valence-electron chi connectivity index (χ3n) is 12.9. The molecule has 0 saturated carbocycles. The van der Waals surface area contributed by atoms with Crippen LogP contribution < -0.4 is 0 Å². The third-order valence-corrected chi connectivity index (χ3v) is 12.9. The van der Waals surface area contributed by atoms with Gasteiger partial charge in [0.25, 0.3) is 0 Å². The number of ether oxygens (including phenoxy) is 2. The Bertz CT molecular complexity index is 774. The SMILES string of the molecule is C=O.CCCCCC(CC=O)CCCCC.CCCCCC(CCCCC)CCCCCCCCCCC(C=O)CCCCCCCCCOC.CO.COCCCN1CCCC1. The van der Waals surface area contributed by atoms with Gasteiger partial charge in [0.1, 0.15) is 19.4 Å². The number of aliphatic hydroxyl groups is 1. The minimum atomic E-state index is 0.319. The number of hydrogen-bond donors (Lipinski definition) is 1. The zero-order chi connectivity index (χ0) is 47.5. The van der Waals surface area contributed by atoms with E-state index in [4.69, 9.17) is 19.4 Å². The molecule has 0 aliphatic carbocycles. The van der Waals surface area contributed by atoms with Crippen LogP contribution in [-0.2, 0) is 23.9 Å². The molecule has 1 rings (SSSR count). The molecule has 0 radical (unpaired) electrons. The maximum absolute atomic E-state index is 11.4. The zero-order valence-corrected chi connectivity index (χ0v) is 43.9. The van der Waals surface area contributed by atoms with Crippen molar-refractivity contribution in [2.75, 3.05) is 54.2 Å². The molecule has 7 heteroatoms. The number of nitrogens with zero attached hydrogens (tertiary/aromatic N) is 1. The topological polar surface area (TPSA) is 93.1 Å². The van der Waals surface area contributed by atoms with Crippen LogP contribution in [0.5, 0.6) is 0 Å². The number of rotatable bonds is 44. The maximum atomic E-state index is 11.4. The van der Waals surface area contributed by atoms with Gasteiger partial charge >= 0.3 is 0 Å². The second kappa shape index (κ2) is 65.1. The summed E-state index contributed by atoms with van der Waals surface area (Å²) in [6, 6.07) is 0. The zero-order valence-electron chi connectivity index (χ0n) is 43.9. The Morgan fingerprint density at radius 2 is 0.778 bits per heavy atom. The molecule has 1 aliphatic heterocycles. The molecular formula is C56H115NO6. The first-order chi connectivity index (χ1) is 31.1. The quantitative estimate of drug-likeness (QED) is 0.0481. The molecule has 1 aliphatic rings. The summed E-state index contributed by atoms with van der Waals surface area (Å²) in [5.41, 5.74) is 0. The molecule has 1 fully saturated rings. The van der Waals surface area contributed by atoms with Crippen molar-refractivity contribution in [1.29, 1.82) is 0 Å². The largest absolute Gasteiger partial charge is 0.400 e. The number of methoxy groups -OCH3 is 2. The number of carbonyl (C=O) groups is 3. The van der Waals surface area contributed by atoms with E-state index >= 15 is 0 Å². The minimum absolute atomic E-state index is 0.319. The average molecular weight is 899 g/mol. The van der Waals surface area contributed by atoms with Crippen LogP contribution in [-0.4, -0.2) is 83.5 Å². The van der Waals surface area contributed by atoms with Gasteiger partial charge in [0.2, 0.25) is 0 Å². The van der Waals surface area contributed by atoms with Gasteiger partial charge in [0, 0.05) is 53.4 Å². The summed E-state index contributed by atoms with van der Waals surface area (Å²) in [5.74, 6) is 2.00. The fourth-order valence-electron chi connectivity index (χ4n) is 8.84. The second-order valence-corrected chi connectivity index (χ2v) is 18.6. The highest BCUT2D eigenvalue weighted by Gasteiger charge is 2.11. The van der Waals surface area contributed by atoms with Crippen LogP contribution in [0.25, 0.3) is 0 Å². The first-order valence-corrected chi connectivity index (χ1v) is 27.4. The predicted molar refractivity (Wildman–Crippen MR) is 276 cm³/mol. The van der Waals surface area contributed by atoms with Crippen molar-refractivity contribution >= 4 is 19.4 Å². The Morgan fingerprint density at radius 3 is 1.13 bits per heavy atom. The summed E-state index contributed by atoms with van der Waals surface area (Å²) < 4.78 is 10.1. The standard InChI is InChI=1S/C33H66O2.C13H26O.C8H17NO.CH4O.CH2O/c1-4-6-19-25-32(26-20-7-5-2)27-21-15-11-8-9-12-16-22-28-33(31-34)29-23-17-13-10-14-18-24-30-35-3;1-3-5-7-9-13(11-12-14)10-8-6-4-2;1-10-8-4-7-9-5-2-3-6-9;2*1-2/h31-33H,4-30H2,1-3H3;12-13H,3-11H2,1-2H3;2-8H2,1H3;2H,1H3;1H2. The summed E-state index contributed by atoms with van der Waals surface area (Å²) in [5, 5.41) is 7.00. The highest BCUT2D eigenvalue weighted by atomic mass is 16.5. The van der Waals surface area contributed by atoms with Crippen molar-refractivity contribution in [3.05, 3.63) is 0 Å². The molecule has 1 atom stereocenters. The van der Waals surface area contributed by atoms with Crippen LogP contribution >= 0.6 is 0 Å². The van der Waals surface area contributed by atoms with Gasteiger partial charge in [-0.2, -0.15) is 0 Å². The van der Waals surface area contributed by atoms with Gasteiger partial charge < -0.3 is 33.9 Å². The molecule has 0 spiro atoms. The van der Waals surface area contributed by atoms with Crippen molar-refractivity contribution in [2.24, 2.45) is 17.8 Å². The van der Waals surface area contributed by atoms with Crippen LogP contribution in [0, 0.1) is 17.8 Å². The molecule has 380 valence electrons. The molecule has 1 unspecified atom stereocenters. The minimum Gasteiger partial charge on any atom is -0.400 e. The number of hydrogen-bond acceptors (Lipinski definition) is 7. The predicted octanol–water partition coefficient (Wildman–Crippen LogP) is 16.1. The van der Waals surface area contributed by atoms with Gasteiger partial charge in [0.15, 0.2) is 0 Å². The lowest BCUT2D eigenvalue weighted by Gasteiger charge is -2.16. The van der Waals surface area contributed by atoms with Crippen LogP contribution in [0.1, 0.15) is 272 Å². The van der Waals surface area contributed by atoms with Gasteiger partial charge in [-0.1, -0.05) is 227 Å².